The van der Waals surface area contributed by atoms with Crippen molar-refractivity contribution in [3.05, 3.63) is 27.7 Å². The Bertz CT molecular complexity index is 506. The van der Waals surface area contributed by atoms with E-state index in [0.29, 0.717) is 11.3 Å². The number of rotatable bonds is 4. The molecule has 3 nitrogen and oxygen atoms in total. The smallest absolute Gasteiger partial charge is 0.399 e. The first-order chi connectivity index (χ1) is 9.15. The largest absolute Gasteiger partial charge is 0.406 e. The summed E-state index contributed by atoms with van der Waals surface area (Å²) in [5.74, 6) is -0.844. The van der Waals surface area contributed by atoms with Crippen LogP contribution in [0.4, 0.5) is 18.9 Å². The predicted molar refractivity (Wildman–Crippen MR) is 73.1 cm³/mol. The van der Waals surface area contributed by atoms with Crippen molar-refractivity contribution in [2.45, 2.75) is 19.5 Å². The minimum Gasteiger partial charge on any atom is -0.399 e. The van der Waals surface area contributed by atoms with E-state index in [-0.39, 0.29) is 27.8 Å². The molecule has 1 rings (SSSR count). The molecule has 0 aliphatic carbocycles. The highest BCUT2D eigenvalue weighted by molar-refractivity contribution is 6.44. The monoisotopic (exact) mass is 328 g/mol. The number of halogens is 5. The van der Waals surface area contributed by atoms with E-state index in [9.17, 15) is 18.0 Å². The molecule has 0 radical (unpaired) electrons. The summed E-state index contributed by atoms with van der Waals surface area (Å²) in [6, 6.07) is 2.55. The molecule has 1 aromatic rings. The number of anilines is 1. The van der Waals surface area contributed by atoms with Crippen molar-refractivity contribution in [1.82, 2.24) is 4.90 Å². The lowest BCUT2D eigenvalue weighted by Gasteiger charge is -2.24. The first-order valence-electron chi connectivity index (χ1n) is 5.76. The molecule has 0 aliphatic heterocycles. The lowest BCUT2D eigenvalue weighted by atomic mass is 10.1. The highest BCUT2D eigenvalue weighted by atomic mass is 35.5. The van der Waals surface area contributed by atoms with Crippen molar-refractivity contribution in [1.29, 1.82) is 0 Å². The topological polar surface area (TPSA) is 46.3 Å². The fourth-order valence-corrected chi connectivity index (χ4v) is 2.09. The lowest BCUT2D eigenvalue weighted by Crippen LogP contribution is -2.39. The maximum atomic E-state index is 12.5. The van der Waals surface area contributed by atoms with Crippen LogP contribution in [0.25, 0.3) is 0 Å². The van der Waals surface area contributed by atoms with Gasteiger partial charge in [0, 0.05) is 12.2 Å². The van der Waals surface area contributed by atoms with Gasteiger partial charge in [-0.2, -0.15) is 13.2 Å². The average molecular weight is 329 g/mol. The third-order valence-electron chi connectivity index (χ3n) is 2.43. The molecule has 0 saturated heterocycles. The first kappa shape index (κ1) is 16.9. The van der Waals surface area contributed by atoms with Crippen molar-refractivity contribution >= 4 is 34.8 Å². The van der Waals surface area contributed by atoms with E-state index in [0.717, 1.165) is 0 Å². The molecule has 0 aliphatic rings. The Morgan fingerprint density at radius 3 is 2.45 bits per heavy atom. The summed E-state index contributed by atoms with van der Waals surface area (Å²) in [6.45, 7) is 0.286. The number of nitrogens with two attached hydrogens (primary N) is 1. The van der Waals surface area contributed by atoms with Crippen molar-refractivity contribution in [2.75, 3.05) is 18.8 Å². The van der Waals surface area contributed by atoms with Crippen molar-refractivity contribution < 1.29 is 18.0 Å². The van der Waals surface area contributed by atoms with E-state index < -0.39 is 18.6 Å². The SMILES string of the molecule is CCCN(CC(F)(F)F)C(=O)c1cc(N)cc(Cl)c1Cl. The van der Waals surface area contributed by atoms with Crippen molar-refractivity contribution in [3.8, 4) is 0 Å². The summed E-state index contributed by atoms with van der Waals surface area (Å²) < 4.78 is 37.5. The van der Waals surface area contributed by atoms with E-state index in [4.69, 9.17) is 28.9 Å². The fourth-order valence-electron chi connectivity index (χ4n) is 1.67. The van der Waals surface area contributed by atoms with E-state index in [1.807, 2.05) is 0 Å². The van der Waals surface area contributed by atoms with Crippen LogP contribution in [0.2, 0.25) is 10.0 Å². The number of hydrogen-bond acceptors (Lipinski definition) is 2. The second-order valence-corrected chi connectivity index (χ2v) is 4.99. The Hall–Kier alpha value is -1.14. The maximum absolute atomic E-state index is 12.5. The predicted octanol–water partition coefficient (Wildman–Crippen LogP) is 3.99. The standard InChI is InChI=1S/C12H13Cl2F3N2O/c1-2-3-19(6-12(15,16)17)11(20)8-4-7(18)5-9(13)10(8)14/h4-5H,2-3,6,18H2,1H3. The quantitative estimate of drug-likeness (QED) is 0.849. The van der Waals surface area contributed by atoms with Crippen LogP contribution in [0.15, 0.2) is 12.1 Å². The molecular weight excluding hydrogens is 316 g/mol. The van der Waals surface area contributed by atoms with Crippen LogP contribution in [0.3, 0.4) is 0 Å². The van der Waals surface area contributed by atoms with Crippen LogP contribution in [0.5, 0.6) is 0 Å². The van der Waals surface area contributed by atoms with Gasteiger partial charge in [-0.3, -0.25) is 4.79 Å². The Kier molecular flexibility index (Phi) is 5.53. The van der Waals surface area contributed by atoms with Gasteiger partial charge in [0.2, 0.25) is 0 Å². The van der Waals surface area contributed by atoms with Gasteiger partial charge in [-0.05, 0) is 18.6 Å². The molecule has 20 heavy (non-hydrogen) atoms. The van der Waals surface area contributed by atoms with E-state index in [1.165, 1.54) is 12.1 Å². The van der Waals surface area contributed by atoms with Gasteiger partial charge in [-0.25, -0.2) is 0 Å². The molecule has 0 unspecified atom stereocenters. The molecule has 0 aromatic heterocycles. The molecule has 112 valence electrons. The van der Waals surface area contributed by atoms with Gasteiger partial charge in [-0.1, -0.05) is 30.1 Å². The maximum Gasteiger partial charge on any atom is 0.406 e. The fraction of sp³-hybridized carbons (Fsp3) is 0.417. The summed E-state index contributed by atoms with van der Waals surface area (Å²) in [5.41, 5.74) is 5.56. The average Bonchev–Trinajstić information content (AvgIpc) is 2.30. The number of nitrogen functional groups attached to an aromatic ring is 1. The van der Waals surface area contributed by atoms with Gasteiger partial charge in [-0.15, -0.1) is 0 Å². The molecule has 0 spiro atoms. The Labute approximate surface area is 124 Å². The number of alkyl halides is 3. The molecule has 1 aromatic carbocycles. The number of nitrogens with zero attached hydrogens (tertiary/aromatic N) is 1. The number of amides is 1. The van der Waals surface area contributed by atoms with Crippen LogP contribution in [0.1, 0.15) is 23.7 Å². The zero-order chi connectivity index (χ0) is 15.5. The number of carbonyl (C=O) groups excluding carboxylic acids is 1. The summed E-state index contributed by atoms with van der Waals surface area (Å²) in [4.78, 5) is 12.8. The third-order valence-corrected chi connectivity index (χ3v) is 3.23. The number of carbonyl (C=O) groups is 1. The van der Waals surface area contributed by atoms with Crippen LogP contribution >= 0.6 is 23.2 Å². The van der Waals surface area contributed by atoms with E-state index in [2.05, 4.69) is 0 Å². The molecule has 0 atom stereocenters. The van der Waals surface area contributed by atoms with Gasteiger partial charge in [0.25, 0.3) is 5.91 Å². The highest BCUT2D eigenvalue weighted by Crippen LogP contribution is 2.30. The summed E-state index contributed by atoms with van der Waals surface area (Å²) in [5, 5.41) is -0.0763. The van der Waals surface area contributed by atoms with Crippen molar-refractivity contribution in [3.63, 3.8) is 0 Å². The van der Waals surface area contributed by atoms with Gasteiger partial charge in [0.1, 0.15) is 6.54 Å². The highest BCUT2D eigenvalue weighted by Gasteiger charge is 2.33. The summed E-state index contributed by atoms with van der Waals surface area (Å²) >= 11 is 11.6. The Morgan fingerprint density at radius 1 is 1.35 bits per heavy atom. The normalized spacial score (nSPS) is 11.5. The molecule has 0 fully saturated rings. The van der Waals surface area contributed by atoms with E-state index in [1.54, 1.807) is 6.92 Å². The summed E-state index contributed by atoms with van der Waals surface area (Å²) in [6.07, 6.45) is -4.10. The third kappa shape index (κ3) is 4.45. The minimum absolute atomic E-state index is 0.0264. The van der Waals surface area contributed by atoms with E-state index >= 15 is 0 Å². The lowest BCUT2D eigenvalue weighted by molar-refractivity contribution is -0.140. The van der Waals surface area contributed by atoms with Crippen LogP contribution < -0.4 is 5.73 Å². The Morgan fingerprint density at radius 2 is 1.95 bits per heavy atom. The van der Waals surface area contributed by atoms with Crippen molar-refractivity contribution in [2.24, 2.45) is 0 Å². The zero-order valence-electron chi connectivity index (χ0n) is 10.6. The van der Waals surface area contributed by atoms with Gasteiger partial charge >= 0.3 is 6.18 Å². The molecule has 0 heterocycles. The number of benzene rings is 1. The van der Waals surface area contributed by atoms with Crippen LogP contribution in [0, 0.1) is 0 Å². The van der Waals surface area contributed by atoms with Gasteiger partial charge in [0.05, 0.1) is 15.6 Å². The van der Waals surface area contributed by atoms with Gasteiger partial charge in [0.15, 0.2) is 0 Å². The van der Waals surface area contributed by atoms with Crippen LogP contribution in [-0.4, -0.2) is 30.1 Å². The minimum atomic E-state index is -4.48. The van der Waals surface area contributed by atoms with Crippen LogP contribution in [-0.2, 0) is 0 Å². The summed E-state index contributed by atoms with van der Waals surface area (Å²) in [7, 11) is 0. The molecule has 8 heteroatoms. The number of hydrogen-bond donors (Lipinski definition) is 1. The van der Waals surface area contributed by atoms with Gasteiger partial charge < -0.3 is 10.6 Å². The molecule has 2 N–H and O–H groups in total. The zero-order valence-corrected chi connectivity index (χ0v) is 12.1. The molecular formula is C12H13Cl2F3N2O. The second-order valence-electron chi connectivity index (χ2n) is 4.21. The second kappa shape index (κ2) is 6.54. The molecule has 0 saturated carbocycles. The molecule has 1 amide bonds. The molecule has 0 bridgehead atoms. The Balaban J connectivity index is 3.12. The first-order valence-corrected chi connectivity index (χ1v) is 6.52.